The quantitative estimate of drug-likeness (QED) is 0.576. The number of halogens is 1. The summed E-state index contributed by atoms with van der Waals surface area (Å²) < 4.78 is 10.0. The molecule has 0 N–H and O–H groups in total. The van der Waals surface area contributed by atoms with Gasteiger partial charge in [0.2, 0.25) is 0 Å². The number of hydrogen-bond acceptors (Lipinski definition) is 2. The van der Waals surface area contributed by atoms with Crippen LogP contribution in [0.1, 0.15) is 0 Å². The molecule has 1 aliphatic rings. The summed E-state index contributed by atoms with van der Waals surface area (Å²) >= 11 is 0. The van der Waals surface area contributed by atoms with Crippen molar-refractivity contribution in [1.29, 1.82) is 0 Å². The van der Waals surface area contributed by atoms with Gasteiger partial charge in [0.15, 0.2) is 0 Å². The van der Waals surface area contributed by atoms with Crippen LogP contribution in [0.2, 0.25) is 0 Å². The Morgan fingerprint density at radius 2 is 1.77 bits per heavy atom. The van der Waals surface area contributed by atoms with Crippen molar-refractivity contribution in [3.63, 3.8) is 0 Å². The first-order chi connectivity index (χ1) is 5.27. The van der Waals surface area contributed by atoms with Crippen molar-refractivity contribution >= 4 is 0 Å². The first kappa shape index (κ1) is 15.4. The van der Waals surface area contributed by atoms with Gasteiger partial charge in [0.1, 0.15) is 11.9 Å². The second kappa shape index (κ2) is 7.31. The molecule has 1 aliphatic carbocycles. The summed E-state index contributed by atoms with van der Waals surface area (Å²) in [5.74, 6) is 0.802. The molecule has 1 radical (unpaired) electrons. The van der Waals surface area contributed by atoms with Crippen molar-refractivity contribution in [3.05, 3.63) is 42.2 Å². The second-order valence-electron chi connectivity index (χ2n) is 2.18. The molecule has 13 heavy (non-hydrogen) atoms. The Hall–Kier alpha value is -0.107. The monoisotopic (exact) mass is 250 g/mol. The van der Waals surface area contributed by atoms with E-state index in [0.717, 1.165) is 17.4 Å². The van der Waals surface area contributed by atoms with Crippen LogP contribution in [0.25, 0.3) is 0 Å². The zero-order valence-electron chi connectivity index (χ0n) is 7.84. The van der Waals surface area contributed by atoms with Gasteiger partial charge in [-0.15, -0.1) is 0 Å². The van der Waals surface area contributed by atoms with Crippen LogP contribution in [0.3, 0.4) is 0 Å². The van der Waals surface area contributed by atoms with E-state index in [1.807, 2.05) is 18.2 Å². The fraction of sp³-hybridized carbons (Fsp3) is 0.222. The van der Waals surface area contributed by atoms with Crippen LogP contribution < -0.4 is 12.4 Å². The van der Waals surface area contributed by atoms with Gasteiger partial charge in [0, 0.05) is 26.6 Å². The standard InChI is InChI=1S/C9H11O2.ClH.Zn/c1-7-6-8(10-2)4-5-9(7)11-3;;/h4-6H,1H2,2-3H3;1H;/p-1. The fourth-order valence-electron chi connectivity index (χ4n) is 0.882. The largest absolute Gasteiger partial charge is 1.00 e. The Labute approximate surface area is 97.8 Å². The molecule has 0 saturated carbocycles. The Bertz CT molecular complexity index is 224. The molecule has 4 heteroatoms. The Morgan fingerprint density at radius 3 is 2.15 bits per heavy atom. The van der Waals surface area contributed by atoms with E-state index in [9.17, 15) is 0 Å². The van der Waals surface area contributed by atoms with Gasteiger partial charge in [-0.1, -0.05) is 6.58 Å². The van der Waals surface area contributed by atoms with Gasteiger partial charge in [-0.3, -0.25) is 0 Å². The maximum atomic E-state index is 5.03. The first-order valence-corrected chi connectivity index (χ1v) is 3.32. The van der Waals surface area contributed by atoms with E-state index in [1.54, 1.807) is 14.2 Å². The minimum Gasteiger partial charge on any atom is -1.00 e. The smallest absolute Gasteiger partial charge is 0.147 e. The van der Waals surface area contributed by atoms with E-state index in [2.05, 4.69) is 6.58 Å². The molecule has 0 aliphatic heterocycles. The van der Waals surface area contributed by atoms with Crippen LogP contribution >= 0.6 is 0 Å². The van der Waals surface area contributed by atoms with Crippen LogP contribution in [0.5, 0.6) is 0 Å². The van der Waals surface area contributed by atoms with Crippen LogP contribution in [0, 0.1) is 6.10 Å². The van der Waals surface area contributed by atoms with E-state index in [-0.39, 0.29) is 31.9 Å². The van der Waals surface area contributed by atoms with Gasteiger partial charge < -0.3 is 21.9 Å². The minimum atomic E-state index is 0. The van der Waals surface area contributed by atoms with Crippen molar-refractivity contribution < 1.29 is 41.4 Å². The third-order valence-corrected chi connectivity index (χ3v) is 1.49. The maximum absolute atomic E-state index is 5.03. The predicted molar refractivity (Wildman–Crippen MR) is 43.6 cm³/mol. The van der Waals surface area contributed by atoms with E-state index in [0.29, 0.717) is 0 Å². The molecule has 0 amide bonds. The summed E-state index contributed by atoms with van der Waals surface area (Å²) in [5.41, 5.74) is 0.840. The third-order valence-electron chi connectivity index (χ3n) is 1.49. The molecule has 0 spiro atoms. The molecule has 69 valence electrons. The first-order valence-electron chi connectivity index (χ1n) is 3.32. The molecule has 2 nitrogen and oxygen atoms in total. The Morgan fingerprint density at radius 1 is 1.15 bits per heavy atom. The van der Waals surface area contributed by atoms with Crippen molar-refractivity contribution in [2.45, 2.75) is 0 Å². The van der Waals surface area contributed by atoms with Crippen molar-refractivity contribution in [2.24, 2.45) is 0 Å². The summed E-state index contributed by atoms with van der Waals surface area (Å²) in [6.45, 7) is 3.79. The number of hydrogen-bond donors (Lipinski definition) is 0. The molecular formula is C9H11ClO2Zn-. The molecule has 0 aromatic heterocycles. The molecule has 0 fully saturated rings. The average Bonchev–Trinajstić information content (AvgIpc) is 2.04. The summed E-state index contributed by atoms with van der Waals surface area (Å²) in [5, 5.41) is 0. The molecule has 0 heterocycles. The zero-order valence-corrected chi connectivity index (χ0v) is 11.6. The van der Waals surface area contributed by atoms with Gasteiger partial charge >= 0.3 is 0 Å². The van der Waals surface area contributed by atoms with E-state index >= 15 is 0 Å². The number of rotatable bonds is 2. The Kier molecular flexibility index (Phi) is 8.64. The summed E-state index contributed by atoms with van der Waals surface area (Å²) in [6.07, 6.45) is 6.29. The van der Waals surface area contributed by atoms with E-state index in [4.69, 9.17) is 9.47 Å². The number of allylic oxidation sites excluding steroid dienone is 1. The molecule has 0 aromatic carbocycles. The van der Waals surface area contributed by atoms with E-state index < -0.39 is 0 Å². The zero-order chi connectivity index (χ0) is 8.27. The molecule has 0 aromatic rings. The van der Waals surface area contributed by atoms with Crippen LogP contribution in [-0.4, -0.2) is 14.2 Å². The van der Waals surface area contributed by atoms with Crippen molar-refractivity contribution in [2.75, 3.05) is 14.2 Å². The molecule has 0 bridgehead atoms. The number of ether oxygens (including phenoxy) is 2. The molecule has 0 atom stereocenters. The fourth-order valence-corrected chi connectivity index (χ4v) is 0.882. The molecule has 0 unspecified atom stereocenters. The van der Waals surface area contributed by atoms with Gasteiger partial charge in [-0.2, -0.15) is 0 Å². The average molecular weight is 252 g/mol. The molecule has 1 rings (SSSR count). The summed E-state index contributed by atoms with van der Waals surface area (Å²) in [4.78, 5) is 0. The normalized spacial score (nSPS) is 15.5. The molecular weight excluding hydrogens is 241 g/mol. The van der Waals surface area contributed by atoms with Gasteiger partial charge in [-0.25, -0.2) is 0 Å². The van der Waals surface area contributed by atoms with E-state index in [1.165, 1.54) is 0 Å². The van der Waals surface area contributed by atoms with Crippen molar-refractivity contribution in [3.8, 4) is 0 Å². The molecule has 0 saturated heterocycles. The van der Waals surface area contributed by atoms with Crippen LogP contribution in [0.15, 0.2) is 36.1 Å². The summed E-state index contributed by atoms with van der Waals surface area (Å²) in [6, 6.07) is 0. The van der Waals surface area contributed by atoms with Crippen molar-refractivity contribution in [1.82, 2.24) is 0 Å². The van der Waals surface area contributed by atoms with Gasteiger partial charge in [0.05, 0.1) is 7.11 Å². The maximum Gasteiger partial charge on any atom is 0.147 e. The van der Waals surface area contributed by atoms with Gasteiger partial charge in [0.25, 0.3) is 0 Å². The number of methoxy groups -OCH3 is 2. The minimum absolute atomic E-state index is 0. The Balaban J connectivity index is 0. The SMILES string of the molecule is C=C1C=C(OC)C=C[C]1OC.[Cl-].[Zn]. The summed E-state index contributed by atoms with van der Waals surface area (Å²) in [7, 11) is 3.25. The van der Waals surface area contributed by atoms with Crippen LogP contribution in [-0.2, 0) is 29.0 Å². The van der Waals surface area contributed by atoms with Crippen LogP contribution in [0.4, 0.5) is 0 Å². The third kappa shape index (κ3) is 4.08. The predicted octanol–water partition coefficient (Wildman–Crippen LogP) is -1.18. The second-order valence-corrected chi connectivity index (χ2v) is 2.18. The topological polar surface area (TPSA) is 18.5 Å². The van der Waals surface area contributed by atoms with Gasteiger partial charge in [-0.05, 0) is 23.8 Å².